The van der Waals surface area contributed by atoms with Gasteiger partial charge >= 0.3 is 0 Å². The molecular formula is C18H24N2O8S2. The molecule has 0 aromatic heterocycles. The van der Waals surface area contributed by atoms with E-state index >= 15 is 0 Å². The average Bonchev–Trinajstić information content (AvgIpc) is 2.62. The fourth-order valence-corrected chi connectivity index (χ4v) is 3.58. The fraction of sp³-hybridized carbons (Fsp3) is 0.333. The lowest BCUT2D eigenvalue weighted by Gasteiger charge is -2.16. The topological polar surface area (TPSA) is 179 Å². The second-order valence-electron chi connectivity index (χ2n) is 6.49. The minimum absolute atomic E-state index is 0.0313. The van der Waals surface area contributed by atoms with Crippen molar-refractivity contribution in [1.29, 1.82) is 0 Å². The van der Waals surface area contributed by atoms with Gasteiger partial charge in [-0.15, -0.1) is 0 Å². The molecule has 166 valence electrons. The highest BCUT2D eigenvalue weighted by atomic mass is 32.2. The van der Waals surface area contributed by atoms with Crippen molar-refractivity contribution in [2.75, 3.05) is 36.2 Å². The van der Waals surface area contributed by atoms with Gasteiger partial charge in [0.2, 0.25) is 0 Å². The van der Waals surface area contributed by atoms with Crippen LogP contribution in [-0.4, -0.2) is 50.7 Å². The Morgan fingerprint density at radius 3 is 1.40 bits per heavy atom. The Hall–Kier alpha value is -2.54. The van der Waals surface area contributed by atoms with E-state index in [1.165, 1.54) is 0 Å². The van der Waals surface area contributed by atoms with Crippen molar-refractivity contribution in [2.45, 2.75) is 12.8 Å². The van der Waals surface area contributed by atoms with Gasteiger partial charge in [0, 0.05) is 22.5 Å². The summed E-state index contributed by atoms with van der Waals surface area (Å²) in [5.74, 6) is -0.0732. The van der Waals surface area contributed by atoms with E-state index in [2.05, 4.69) is 0 Å². The van der Waals surface area contributed by atoms with E-state index in [0.29, 0.717) is 34.0 Å². The number of rotatable bonds is 11. The van der Waals surface area contributed by atoms with Gasteiger partial charge in [-0.3, -0.25) is 9.11 Å². The van der Waals surface area contributed by atoms with E-state index in [4.69, 9.17) is 30.0 Å². The van der Waals surface area contributed by atoms with Crippen LogP contribution in [0.5, 0.6) is 11.5 Å². The van der Waals surface area contributed by atoms with Gasteiger partial charge in [-0.2, -0.15) is 16.8 Å². The number of benzene rings is 2. The van der Waals surface area contributed by atoms with Crippen molar-refractivity contribution in [3.8, 4) is 22.6 Å². The summed E-state index contributed by atoms with van der Waals surface area (Å²) in [6, 6.07) is 9.73. The van der Waals surface area contributed by atoms with Crippen molar-refractivity contribution in [2.24, 2.45) is 0 Å². The Bertz CT molecular complexity index is 998. The van der Waals surface area contributed by atoms with Gasteiger partial charge in [0.15, 0.2) is 0 Å². The van der Waals surface area contributed by atoms with Crippen LogP contribution in [0.3, 0.4) is 0 Å². The first-order valence-corrected chi connectivity index (χ1v) is 12.1. The van der Waals surface area contributed by atoms with Gasteiger partial charge < -0.3 is 20.9 Å². The molecule has 0 spiro atoms. The SMILES string of the molecule is Nc1ccc(OCCCS(=O)(=O)O)c(-c2cc(N)ccc2OCCCS(=O)(=O)O)c1. The van der Waals surface area contributed by atoms with Crippen LogP contribution in [0, 0.1) is 0 Å². The number of nitrogen functional groups attached to an aromatic ring is 2. The van der Waals surface area contributed by atoms with Crippen LogP contribution in [0.25, 0.3) is 11.1 Å². The zero-order valence-electron chi connectivity index (χ0n) is 16.0. The molecule has 12 heteroatoms. The molecule has 0 saturated carbocycles. The Morgan fingerprint density at radius 2 is 1.07 bits per heavy atom. The van der Waals surface area contributed by atoms with E-state index in [1.807, 2.05) is 0 Å². The summed E-state index contributed by atoms with van der Waals surface area (Å²) in [5.41, 5.74) is 13.8. The van der Waals surface area contributed by atoms with E-state index in [9.17, 15) is 16.8 Å². The molecule has 0 bridgehead atoms. The van der Waals surface area contributed by atoms with Crippen LogP contribution in [0.15, 0.2) is 36.4 Å². The largest absolute Gasteiger partial charge is 0.493 e. The minimum Gasteiger partial charge on any atom is -0.493 e. The molecule has 0 atom stereocenters. The van der Waals surface area contributed by atoms with E-state index < -0.39 is 31.7 Å². The number of hydrogen-bond acceptors (Lipinski definition) is 8. The maximum Gasteiger partial charge on any atom is 0.264 e. The van der Waals surface area contributed by atoms with Gasteiger partial charge in [-0.05, 0) is 49.2 Å². The van der Waals surface area contributed by atoms with E-state index in [-0.39, 0.29) is 26.1 Å². The van der Waals surface area contributed by atoms with Gasteiger partial charge in [0.1, 0.15) is 11.5 Å². The summed E-state index contributed by atoms with van der Waals surface area (Å²) >= 11 is 0. The standard InChI is InChI=1S/C18H24N2O8S2/c19-13-3-5-17(27-7-1-9-29(21,22)23)15(11-13)16-12-14(20)4-6-18(16)28-8-2-10-30(24,25)26/h3-6,11-12H,1-2,7-10,19-20H2,(H,21,22,23)(H,24,25,26). The Labute approximate surface area is 175 Å². The Kier molecular flexibility index (Phi) is 7.89. The maximum atomic E-state index is 10.8. The Morgan fingerprint density at radius 1 is 0.700 bits per heavy atom. The first-order valence-electron chi connectivity index (χ1n) is 8.90. The number of nitrogens with two attached hydrogens (primary N) is 2. The molecule has 0 unspecified atom stereocenters. The molecule has 0 aliphatic rings. The summed E-state index contributed by atoms with van der Waals surface area (Å²) in [4.78, 5) is 0. The van der Waals surface area contributed by atoms with Crippen molar-refractivity contribution >= 4 is 31.6 Å². The van der Waals surface area contributed by atoms with Gasteiger partial charge in [-0.25, -0.2) is 0 Å². The number of hydrogen-bond donors (Lipinski definition) is 4. The third kappa shape index (κ3) is 8.06. The van der Waals surface area contributed by atoms with Crippen molar-refractivity contribution in [3.63, 3.8) is 0 Å². The average molecular weight is 461 g/mol. The smallest absolute Gasteiger partial charge is 0.264 e. The zero-order valence-corrected chi connectivity index (χ0v) is 17.7. The predicted octanol–water partition coefficient (Wildman–Crippen LogP) is 1.83. The molecule has 2 aromatic rings. The number of ether oxygens (including phenoxy) is 2. The highest BCUT2D eigenvalue weighted by molar-refractivity contribution is 7.86. The predicted molar refractivity (Wildman–Crippen MR) is 114 cm³/mol. The van der Waals surface area contributed by atoms with Crippen LogP contribution >= 0.6 is 0 Å². The van der Waals surface area contributed by atoms with Crippen LogP contribution < -0.4 is 20.9 Å². The molecule has 30 heavy (non-hydrogen) atoms. The maximum absolute atomic E-state index is 10.8. The van der Waals surface area contributed by atoms with Crippen molar-refractivity contribution in [1.82, 2.24) is 0 Å². The van der Waals surface area contributed by atoms with E-state index in [1.54, 1.807) is 36.4 Å². The molecule has 0 aliphatic heterocycles. The summed E-state index contributed by atoms with van der Waals surface area (Å²) in [5, 5.41) is 0. The highest BCUT2D eigenvalue weighted by Crippen LogP contribution is 2.39. The van der Waals surface area contributed by atoms with Gasteiger partial charge in [-0.1, -0.05) is 0 Å². The minimum atomic E-state index is -4.08. The summed E-state index contributed by atoms with van der Waals surface area (Å²) in [6.45, 7) is 0.0626. The fourth-order valence-electron chi connectivity index (χ4n) is 2.61. The lowest BCUT2D eigenvalue weighted by atomic mass is 10.0. The second kappa shape index (κ2) is 9.98. The summed E-state index contributed by atoms with van der Waals surface area (Å²) in [7, 11) is -8.16. The lowest BCUT2D eigenvalue weighted by Crippen LogP contribution is -2.10. The molecule has 0 radical (unpaired) electrons. The van der Waals surface area contributed by atoms with Crippen LogP contribution in [0.2, 0.25) is 0 Å². The zero-order chi connectivity index (χ0) is 22.4. The lowest BCUT2D eigenvalue weighted by molar-refractivity contribution is 0.313. The summed E-state index contributed by atoms with van der Waals surface area (Å²) < 4.78 is 72.4. The van der Waals surface area contributed by atoms with E-state index in [0.717, 1.165) is 0 Å². The second-order valence-corrected chi connectivity index (χ2v) is 9.63. The van der Waals surface area contributed by atoms with Crippen LogP contribution in [-0.2, 0) is 20.2 Å². The number of anilines is 2. The first kappa shape index (κ1) is 23.7. The monoisotopic (exact) mass is 460 g/mol. The third-order valence-electron chi connectivity index (χ3n) is 3.91. The van der Waals surface area contributed by atoms with Crippen molar-refractivity contribution < 1.29 is 35.4 Å². The Balaban J connectivity index is 2.24. The molecule has 2 aromatic carbocycles. The van der Waals surface area contributed by atoms with Crippen LogP contribution in [0.4, 0.5) is 11.4 Å². The normalized spacial score (nSPS) is 11.9. The highest BCUT2D eigenvalue weighted by Gasteiger charge is 2.15. The molecule has 0 amide bonds. The van der Waals surface area contributed by atoms with Gasteiger partial charge in [0.25, 0.3) is 20.2 Å². The van der Waals surface area contributed by atoms with Gasteiger partial charge in [0.05, 0.1) is 24.7 Å². The molecule has 0 saturated heterocycles. The third-order valence-corrected chi connectivity index (χ3v) is 5.51. The molecule has 2 rings (SSSR count). The molecule has 0 fully saturated rings. The quantitative estimate of drug-likeness (QED) is 0.219. The molecule has 6 N–H and O–H groups in total. The summed E-state index contributed by atoms with van der Waals surface area (Å²) in [6.07, 6.45) is 0.164. The molecule has 0 aliphatic carbocycles. The molecule has 0 heterocycles. The molecular weight excluding hydrogens is 436 g/mol. The first-order chi connectivity index (χ1) is 13.9. The van der Waals surface area contributed by atoms with Crippen LogP contribution in [0.1, 0.15) is 12.8 Å². The van der Waals surface area contributed by atoms with Crippen molar-refractivity contribution in [3.05, 3.63) is 36.4 Å². The molecule has 10 nitrogen and oxygen atoms in total.